The van der Waals surface area contributed by atoms with Gasteiger partial charge in [-0.3, -0.25) is 4.79 Å². The maximum Gasteiger partial charge on any atom is 0.237 e. The molecule has 2 aromatic carbocycles. The number of carbonyl (C=O) groups is 1. The molecular weight excluding hydrogens is 370 g/mol. The largest absolute Gasteiger partial charge is 0.323 e. The van der Waals surface area contributed by atoms with Gasteiger partial charge in [-0.25, -0.2) is 8.78 Å². The van der Waals surface area contributed by atoms with E-state index in [2.05, 4.69) is 15.5 Å². The van der Waals surface area contributed by atoms with Gasteiger partial charge < -0.3 is 9.88 Å². The number of nitrogens with zero attached hydrogens (tertiary/aromatic N) is 3. The molecule has 1 amide bonds. The smallest absolute Gasteiger partial charge is 0.237 e. The van der Waals surface area contributed by atoms with Crippen molar-refractivity contribution in [2.75, 3.05) is 5.32 Å². The lowest BCUT2D eigenvalue weighted by atomic mass is 10.1. The van der Waals surface area contributed by atoms with Gasteiger partial charge in [0.25, 0.3) is 0 Å². The predicted octanol–water partition coefficient (Wildman–Crippen LogP) is 4.19. The zero-order chi connectivity index (χ0) is 19.6. The zero-order valence-electron chi connectivity index (χ0n) is 15.0. The van der Waals surface area contributed by atoms with E-state index in [0.29, 0.717) is 11.0 Å². The quantitative estimate of drug-likeness (QED) is 0.666. The topological polar surface area (TPSA) is 59.8 Å². The van der Waals surface area contributed by atoms with E-state index in [4.69, 9.17) is 0 Å². The Morgan fingerprint density at radius 2 is 1.85 bits per heavy atom. The molecule has 0 aliphatic heterocycles. The SMILES string of the molecule is Cc1ccc(-c2nnc(SC(C)C(=O)Nc3cc(F)ccc3F)n2C)cc1. The van der Waals surface area contributed by atoms with Crippen molar-refractivity contribution in [3.05, 3.63) is 59.7 Å². The van der Waals surface area contributed by atoms with Crippen LogP contribution in [0.1, 0.15) is 12.5 Å². The first-order valence-electron chi connectivity index (χ1n) is 8.24. The molecule has 27 heavy (non-hydrogen) atoms. The minimum atomic E-state index is -0.692. The van der Waals surface area contributed by atoms with Crippen LogP contribution >= 0.6 is 11.8 Å². The van der Waals surface area contributed by atoms with E-state index in [1.165, 1.54) is 11.8 Å². The van der Waals surface area contributed by atoms with Gasteiger partial charge in [-0.15, -0.1) is 10.2 Å². The van der Waals surface area contributed by atoms with E-state index in [9.17, 15) is 13.6 Å². The van der Waals surface area contributed by atoms with Crippen LogP contribution in [-0.4, -0.2) is 25.9 Å². The molecule has 0 saturated heterocycles. The highest BCUT2D eigenvalue weighted by atomic mass is 32.2. The summed E-state index contributed by atoms with van der Waals surface area (Å²) in [5.41, 5.74) is 1.87. The van der Waals surface area contributed by atoms with Crippen molar-refractivity contribution in [3.63, 3.8) is 0 Å². The Bertz CT molecular complexity index is 972. The first-order chi connectivity index (χ1) is 12.8. The number of aryl methyl sites for hydroxylation is 1. The normalized spacial score (nSPS) is 12.0. The number of halogens is 2. The molecular formula is C19H18F2N4OS. The average Bonchev–Trinajstić information content (AvgIpc) is 2.99. The number of anilines is 1. The lowest BCUT2D eigenvalue weighted by Gasteiger charge is -2.12. The molecule has 5 nitrogen and oxygen atoms in total. The minimum Gasteiger partial charge on any atom is -0.323 e. The fourth-order valence-corrected chi connectivity index (χ4v) is 3.23. The molecule has 1 atom stereocenters. The van der Waals surface area contributed by atoms with E-state index in [1.807, 2.05) is 38.2 Å². The Morgan fingerprint density at radius 3 is 2.56 bits per heavy atom. The molecule has 1 N–H and O–H groups in total. The van der Waals surface area contributed by atoms with Gasteiger partial charge in [-0.2, -0.15) is 0 Å². The summed E-state index contributed by atoms with van der Waals surface area (Å²) in [5, 5.41) is 10.7. The van der Waals surface area contributed by atoms with E-state index in [-0.39, 0.29) is 5.69 Å². The van der Waals surface area contributed by atoms with Crippen LogP contribution < -0.4 is 5.32 Å². The van der Waals surface area contributed by atoms with Crippen LogP contribution in [0.25, 0.3) is 11.4 Å². The van der Waals surface area contributed by atoms with Crippen LogP contribution in [0.3, 0.4) is 0 Å². The fraction of sp³-hybridized carbons (Fsp3) is 0.211. The molecule has 1 aromatic heterocycles. The number of thioether (sulfide) groups is 1. The van der Waals surface area contributed by atoms with Crippen LogP contribution in [0.4, 0.5) is 14.5 Å². The highest BCUT2D eigenvalue weighted by Gasteiger charge is 2.20. The van der Waals surface area contributed by atoms with E-state index >= 15 is 0 Å². The Morgan fingerprint density at radius 1 is 1.15 bits per heavy atom. The van der Waals surface area contributed by atoms with Gasteiger partial charge in [-0.1, -0.05) is 41.6 Å². The zero-order valence-corrected chi connectivity index (χ0v) is 15.8. The number of benzene rings is 2. The molecule has 140 valence electrons. The lowest BCUT2D eigenvalue weighted by Crippen LogP contribution is -2.23. The van der Waals surface area contributed by atoms with Gasteiger partial charge >= 0.3 is 0 Å². The van der Waals surface area contributed by atoms with Gasteiger partial charge in [0.15, 0.2) is 11.0 Å². The molecule has 0 spiro atoms. The Labute approximate surface area is 159 Å². The molecule has 3 rings (SSSR count). The van der Waals surface area contributed by atoms with Crippen LogP contribution in [0.2, 0.25) is 0 Å². The van der Waals surface area contributed by atoms with Crippen molar-refractivity contribution in [2.24, 2.45) is 7.05 Å². The molecule has 1 unspecified atom stereocenters. The third-order valence-electron chi connectivity index (χ3n) is 3.98. The fourth-order valence-electron chi connectivity index (χ4n) is 2.41. The van der Waals surface area contributed by atoms with E-state index < -0.39 is 22.8 Å². The van der Waals surface area contributed by atoms with Crippen molar-refractivity contribution in [1.82, 2.24) is 14.8 Å². The van der Waals surface area contributed by atoms with Crippen molar-refractivity contribution < 1.29 is 13.6 Å². The number of carbonyl (C=O) groups excluding carboxylic acids is 1. The molecule has 1 heterocycles. The second kappa shape index (κ2) is 7.87. The standard InChI is InChI=1S/C19H18F2N4OS/c1-11-4-6-13(7-5-11)17-23-24-19(25(17)3)27-12(2)18(26)22-16-10-14(20)8-9-15(16)21/h4-10,12H,1-3H3,(H,22,26). The average molecular weight is 388 g/mol. The monoisotopic (exact) mass is 388 g/mol. The summed E-state index contributed by atoms with van der Waals surface area (Å²) in [5.74, 6) is -1.09. The molecule has 8 heteroatoms. The summed E-state index contributed by atoms with van der Waals surface area (Å²) < 4.78 is 28.7. The van der Waals surface area contributed by atoms with Crippen molar-refractivity contribution in [1.29, 1.82) is 0 Å². The van der Waals surface area contributed by atoms with Gasteiger partial charge in [0.1, 0.15) is 11.6 Å². The molecule has 0 radical (unpaired) electrons. The summed E-state index contributed by atoms with van der Waals surface area (Å²) in [6.07, 6.45) is 0. The van der Waals surface area contributed by atoms with Crippen molar-refractivity contribution >= 4 is 23.4 Å². The molecule has 0 fully saturated rings. The highest BCUT2D eigenvalue weighted by molar-refractivity contribution is 8.00. The molecule has 0 aliphatic rings. The van der Waals surface area contributed by atoms with E-state index in [0.717, 1.165) is 29.3 Å². The van der Waals surface area contributed by atoms with Gasteiger partial charge in [0.05, 0.1) is 10.9 Å². The number of aromatic nitrogens is 3. The van der Waals surface area contributed by atoms with Gasteiger partial charge in [0.2, 0.25) is 5.91 Å². The summed E-state index contributed by atoms with van der Waals surface area (Å²) in [4.78, 5) is 12.3. The van der Waals surface area contributed by atoms with E-state index in [1.54, 1.807) is 11.5 Å². The molecule has 0 saturated carbocycles. The highest BCUT2D eigenvalue weighted by Crippen LogP contribution is 2.27. The lowest BCUT2D eigenvalue weighted by molar-refractivity contribution is -0.115. The Hall–Kier alpha value is -2.74. The van der Waals surface area contributed by atoms with Gasteiger partial charge in [-0.05, 0) is 26.0 Å². The third-order valence-corrected chi connectivity index (χ3v) is 5.12. The minimum absolute atomic E-state index is 0.189. The second-order valence-electron chi connectivity index (χ2n) is 6.10. The van der Waals surface area contributed by atoms with Crippen molar-refractivity contribution in [2.45, 2.75) is 24.3 Å². The van der Waals surface area contributed by atoms with Crippen LogP contribution in [0.5, 0.6) is 0 Å². The number of hydrogen-bond donors (Lipinski definition) is 1. The predicted molar refractivity (Wildman–Crippen MR) is 101 cm³/mol. The molecule has 0 bridgehead atoms. The maximum atomic E-state index is 13.7. The Balaban J connectivity index is 1.72. The summed E-state index contributed by atoms with van der Waals surface area (Å²) in [7, 11) is 1.81. The first-order valence-corrected chi connectivity index (χ1v) is 9.12. The second-order valence-corrected chi connectivity index (χ2v) is 7.41. The summed E-state index contributed by atoms with van der Waals surface area (Å²) >= 11 is 1.19. The van der Waals surface area contributed by atoms with Crippen LogP contribution in [0.15, 0.2) is 47.6 Å². The first kappa shape index (κ1) is 19.0. The van der Waals surface area contributed by atoms with Crippen LogP contribution in [0, 0.1) is 18.6 Å². The molecule has 0 aliphatic carbocycles. The third kappa shape index (κ3) is 4.33. The van der Waals surface area contributed by atoms with Gasteiger partial charge in [0, 0.05) is 18.7 Å². The number of rotatable bonds is 5. The number of hydrogen-bond acceptors (Lipinski definition) is 4. The maximum absolute atomic E-state index is 13.7. The Kier molecular flexibility index (Phi) is 5.55. The van der Waals surface area contributed by atoms with Crippen molar-refractivity contribution in [3.8, 4) is 11.4 Å². The summed E-state index contributed by atoms with van der Waals surface area (Å²) in [6.45, 7) is 3.67. The summed E-state index contributed by atoms with van der Waals surface area (Å²) in [6, 6.07) is 10.8. The number of amides is 1. The number of nitrogens with one attached hydrogen (secondary N) is 1. The van der Waals surface area contributed by atoms with Crippen LogP contribution in [-0.2, 0) is 11.8 Å². The molecule has 3 aromatic rings.